The van der Waals surface area contributed by atoms with Gasteiger partial charge in [-0.1, -0.05) is 33.6 Å². The molecule has 0 aromatic carbocycles. The molecule has 0 bridgehead atoms. The SMILES string of the molecule is CCC1(C(=O)NCC(Cl)CC(C)C)CCCC1. The third kappa shape index (κ3) is 4.17. The maximum atomic E-state index is 12.2. The van der Waals surface area contributed by atoms with Crippen LogP contribution in [0.1, 0.15) is 59.3 Å². The van der Waals surface area contributed by atoms with Gasteiger partial charge in [-0.2, -0.15) is 0 Å². The van der Waals surface area contributed by atoms with Gasteiger partial charge in [-0.15, -0.1) is 11.6 Å². The summed E-state index contributed by atoms with van der Waals surface area (Å²) in [5.41, 5.74) is -0.0888. The summed E-state index contributed by atoms with van der Waals surface area (Å²) >= 11 is 6.20. The zero-order valence-electron chi connectivity index (χ0n) is 11.4. The molecule has 1 N–H and O–H groups in total. The van der Waals surface area contributed by atoms with Crippen molar-refractivity contribution in [3.63, 3.8) is 0 Å². The molecule has 0 heterocycles. The summed E-state index contributed by atoms with van der Waals surface area (Å²) in [7, 11) is 0. The second kappa shape index (κ2) is 6.63. The Hall–Kier alpha value is -0.240. The molecule has 17 heavy (non-hydrogen) atoms. The van der Waals surface area contributed by atoms with E-state index < -0.39 is 0 Å². The second-order valence-corrected chi connectivity index (χ2v) is 6.40. The monoisotopic (exact) mass is 259 g/mol. The lowest BCUT2D eigenvalue weighted by Gasteiger charge is -2.26. The van der Waals surface area contributed by atoms with Gasteiger partial charge in [-0.3, -0.25) is 4.79 Å². The number of hydrogen-bond acceptors (Lipinski definition) is 1. The summed E-state index contributed by atoms with van der Waals surface area (Å²) < 4.78 is 0. The molecule has 2 nitrogen and oxygen atoms in total. The van der Waals surface area contributed by atoms with E-state index >= 15 is 0 Å². The molecule has 0 aromatic rings. The van der Waals surface area contributed by atoms with Gasteiger partial charge in [0.15, 0.2) is 0 Å². The van der Waals surface area contributed by atoms with Crippen LogP contribution in [0.15, 0.2) is 0 Å². The molecule has 0 spiro atoms. The average Bonchev–Trinajstić information content (AvgIpc) is 2.74. The van der Waals surface area contributed by atoms with Crippen LogP contribution in [0.25, 0.3) is 0 Å². The fourth-order valence-corrected chi connectivity index (χ4v) is 3.21. The van der Waals surface area contributed by atoms with Gasteiger partial charge in [0.1, 0.15) is 0 Å². The molecule has 1 amide bonds. The van der Waals surface area contributed by atoms with Crippen LogP contribution in [0.3, 0.4) is 0 Å². The highest BCUT2D eigenvalue weighted by atomic mass is 35.5. The predicted molar refractivity (Wildman–Crippen MR) is 73.3 cm³/mol. The molecular formula is C14H26ClNO. The maximum absolute atomic E-state index is 12.2. The zero-order valence-corrected chi connectivity index (χ0v) is 12.1. The average molecular weight is 260 g/mol. The molecule has 1 atom stereocenters. The maximum Gasteiger partial charge on any atom is 0.226 e. The summed E-state index contributed by atoms with van der Waals surface area (Å²) in [6.45, 7) is 7.04. The minimum Gasteiger partial charge on any atom is -0.354 e. The molecular weight excluding hydrogens is 234 g/mol. The van der Waals surface area contributed by atoms with Gasteiger partial charge >= 0.3 is 0 Å². The molecule has 1 aliphatic rings. The second-order valence-electron chi connectivity index (χ2n) is 5.78. The van der Waals surface area contributed by atoms with Crippen LogP contribution in [-0.4, -0.2) is 17.8 Å². The van der Waals surface area contributed by atoms with Crippen LogP contribution in [0.2, 0.25) is 0 Å². The Morgan fingerprint density at radius 1 is 1.35 bits per heavy atom. The lowest BCUT2D eigenvalue weighted by atomic mass is 9.82. The number of amides is 1. The van der Waals surface area contributed by atoms with Crippen molar-refractivity contribution in [2.45, 2.75) is 64.7 Å². The van der Waals surface area contributed by atoms with Crippen LogP contribution in [0, 0.1) is 11.3 Å². The van der Waals surface area contributed by atoms with E-state index in [1.54, 1.807) is 0 Å². The van der Waals surface area contributed by atoms with Crippen molar-refractivity contribution >= 4 is 17.5 Å². The number of nitrogens with one attached hydrogen (secondary N) is 1. The van der Waals surface area contributed by atoms with E-state index in [0.717, 1.165) is 25.7 Å². The zero-order chi connectivity index (χ0) is 12.9. The first-order chi connectivity index (χ1) is 8.00. The van der Waals surface area contributed by atoms with E-state index in [-0.39, 0.29) is 16.7 Å². The molecule has 1 aliphatic carbocycles. The standard InChI is InChI=1S/C14H26ClNO/c1-4-14(7-5-6-8-14)13(17)16-10-12(15)9-11(2)3/h11-12H,4-10H2,1-3H3,(H,16,17). The highest BCUT2D eigenvalue weighted by molar-refractivity contribution is 6.20. The first-order valence-electron chi connectivity index (χ1n) is 6.92. The Bertz CT molecular complexity index is 247. The molecule has 1 saturated carbocycles. The van der Waals surface area contributed by atoms with Gasteiger partial charge in [0, 0.05) is 12.0 Å². The summed E-state index contributed by atoms with van der Waals surface area (Å²) in [6.07, 6.45) is 6.39. The van der Waals surface area contributed by atoms with Crippen LogP contribution >= 0.6 is 11.6 Å². The lowest BCUT2D eigenvalue weighted by Crippen LogP contribution is -2.41. The molecule has 0 saturated heterocycles. The summed E-state index contributed by atoms with van der Waals surface area (Å²) in [5, 5.41) is 3.11. The molecule has 1 rings (SSSR count). The van der Waals surface area contributed by atoms with Crippen molar-refractivity contribution < 1.29 is 4.79 Å². The molecule has 0 radical (unpaired) electrons. The van der Waals surface area contributed by atoms with E-state index in [9.17, 15) is 4.79 Å². The van der Waals surface area contributed by atoms with Crippen molar-refractivity contribution in [1.82, 2.24) is 5.32 Å². The number of carbonyl (C=O) groups is 1. The van der Waals surface area contributed by atoms with Gasteiger partial charge in [-0.05, 0) is 31.6 Å². The Morgan fingerprint density at radius 3 is 2.41 bits per heavy atom. The summed E-state index contributed by atoms with van der Waals surface area (Å²) in [6, 6.07) is 0. The van der Waals surface area contributed by atoms with E-state index in [0.29, 0.717) is 12.5 Å². The van der Waals surface area contributed by atoms with Gasteiger partial charge in [0.2, 0.25) is 5.91 Å². The summed E-state index contributed by atoms with van der Waals surface area (Å²) in [5.74, 6) is 0.813. The molecule has 0 aromatic heterocycles. The van der Waals surface area contributed by atoms with Crippen molar-refractivity contribution in [2.75, 3.05) is 6.54 Å². The quantitative estimate of drug-likeness (QED) is 0.724. The van der Waals surface area contributed by atoms with Crippen molar-refractivity contribution in [3.05, 3.63) is 0 Å². The predicted octanol–water partition coefficient (Wildman–Crippen LogP) is 3.73. The van der Waals surface area contributed by atoms with Crippen LogP contribution in [0.4, 0.5) is 0 Å². The molecule has 0 aliphatic heterocycles. The number of halogens is 1. The van der Waals surface area contributed by atoms with E-state index in [1.807, 2.05) is 0 Å². The molecule has 100 valence electrons. The van der Waals surface area contributed by atoms with Gasteiger partial charge < -0.3 is 5.32 Å². The molecule has 1 unspecified atom stereocenters. The molecule has 1 fully saturated rings. The Morgan fingerprint density at radius 2 is 1.94 bits per heavy atom. The van der Waals surface area contributed by atoms with E-state index in [2.05, 4.69) is 26.1 Å². The lowest BCUT2D eigenvalue weighted by molar-refractivity contribution is -0.131. The number of hydrogen-bond donors (Lipinski definition) is 1. The topological polar surface area (TPSA) is 29.1 Å². The normalized spacial score (nSPS) is 20.5. The fourth-order valence-electron chi connectivity index (χ4n) is 2.78. The number of alkyl halides is 1. The van der Waals surface area contributed by atoms with Crippen molar-refractivity contribution in [3.8, 4) is 0 Å². The highest BCUT2D eigenvalue weighted by Crippen LogP contribution is 2.41. The van der Waals surface area contributed by atoms with Gasteiger partial charge in [0.05, 0.1) is 5.38 Å². The smallest absolute Gasteiger partial charge is 0.226 e. The highest BCUT2D eigenvalue weighted by Gasteiger charge is 2.39. The first kappa shape index (κ1) is 14.8. The Labute approximate surface area is 110 Å². The van der Waals surface area contributed by atoms with Gasteiger partial charge in [0.25, 0.3) is 0 Å². The summed E-state index contributed by atoms with van der Waals surface area (Å²) in [4.78, 5) is 12.2. The van der Waals surface area contributed by atoms with Crippen LogP contribution in [-0.2, 0) is 4.79 Å². The number of rotatable bonds is 6. The number of carbonyl (C=O) groups excluding carboxylic acids is 1. The first-order valence-corrected chi connectivity index (χ1v) is 7.36. The third-order valence-corrected chi connectivity index (χ3v) is 4.26. The van der Waals surface area contributed by atoms with E-state index in [1.165, 1.54) is 12.8 Å². The van der Waals surface area contributed by atoms with E-state index in [4.69, 9.17) is 11.6 Å². The van der Waals surface area contributed by atoms with Crippen LogP contribution in [0.5, 0.6) is 0 Å². The minimum atomic E-state index is -0.0888. The van der Waals surface area contributed by atoms with Crippen molar-refractivity contribution in [2.24, 2.45) is 11.3 Å². The Kier molecular flexibility index (Phi) is 5.78. The van der Waals surface area contributed by atoms with Gasteiger partial charge in [-0.25, -0.2) is 0 Å². The largest absolute Gasteiger partial charge is 0.354 e. The fraction of sp³-hybridized carbons (Fsp3) is 0.929. The van der Waals surface area contributed by atoms with Crippen molar-refractivity contribution in [1.29, 1.82) is 0 Å². The third-order valence-electron chi connectivity index (χ3n) is 3.93. The molecule has 3 heteroatoms. The minimum absolute atomic E-state index is 0.0641. The Balaban J connectivity index is 2.38. The van der Waals surface area contributed by atoms with Crippen LogP contribution < -0.4 is 5.32 Å².